The molecule has 0 bridgehead atoms. The van der Waals surface area contributed by atoms with Gasteiger partial charge in [0.1, 0.15) is 10.6 Å². The van der Waals surface area contributed by atoms with Gasteiger partial charge in [-0.2, -0.15) is 0 Å². The van der Waals surface area contributed by atoms with E-state index in [1.165, 1.54) is 13.2 Å². The molecule has 1 rings (SSSR count). The zero-order valence-electron chi connectivity index (χ0n) is 12.8. The summed E-state index contributed by atoms with van der Waals surface area (Å²) in [4.78, 5) is 10.6. The highest BCUT2D eigenvalue weighted by Crippen LogP contribution is 2.27. The van der Waals surface area contributed by atoms with Gasteiger partial charge in [0.2, 0.25) is 10.0 Å². The van der Waals surface area contributed by atoms with Gasteiger partial charge in [-0.15, -0.1) is 0 Å². The molecule has 0 saturated carbocycles. The minimum Gasteiger partial charge on any atom is -0.495 e. The van der Waals surface area contributed by atoms with Crippen LogP contribution in [0.4, 0.5) is 0 Å². The molecule has 0 aliphatic heterocycles. The molecule has 0 aliphatic rings. The number of carbonyl (C=O) groups is 1. The Morgan fingerprint density at radius 1 is 1.32 bits per heavy atom. The monoisotopic (exact) mass is 331 g/mol. The van der Waals surface area contributed by atoms with Crippen molar-refractivity contribution >= 4 is 16.0 Å². The quantitative estimate of drug-likeness (QED) is 0.645. The lowest BCUT2D eigenvalue weighted by Gasteiger charge is -2.16. The van der Waals surface area contributed by atoms with E-state index in [1.54, 1.807) is 13.0 Å². The lowest BCUT2D eigenvalue weighted by Crippen LogP contribution is -2.32. The Morgan fingerprint density at radius 2 is 1.91 bits per heavy atom. The van der Waals surface area contributed by atoms with Crippen molar-refractivity contribution in [1.29, 1.82) is 0 Å². The Bertz CT molecular complexity index is 641. The van der Waals surface area contributed by atoms with E-state index < -0.39 is 28.5 Å². The van der Waals surface area contributed by atoms with Crippen molar-refractivity contribution in [1.82, 2.24) is 4.72 Å². The molecule has 0 aromatic heterocycles. The molecule has 0 radical (unpaired) electrons. The van der Waals surface area contributed by atoms with Gasteiger partial charge in [0.05, 0.1) is 13.5 Å². The number of rotatable bonds is 8. The van der Waals surface area contributed by atoms with Crippen molar-refractivity contribution in [2.24, 2.45) is 5.92 Å². The summed E-state index contributed by atoms with van der Waals surface area (Å²) in [6.45, 7) is 3.05. The second-order valence-electron chi connectivity index (χ2n) is 5.09. The van der Waals surface area contributed by atoms with E-state index in [9.17, 15) is 13.2 Å². The van der Waals surface area contributed by atoms with Gasteiger partial charge in [-0.1, -0.05) is 0 Å². The SMILES string of the molecule is COc1cc(C)c(C)cc1S(=O)(=O)NCC(CO)CC(=O)O. The fraction of sp³-hybridized carbons (Fsp3) is 0.500. The number of hydrogen-bond donors (Lipinski definition) is 3. The number of ether oxygens (including phenoxy) is 1. The first kappa shape index (κ1) is 18.4. The van der Waals surface area contributed by atoms with Crippen LogP contribution in [-0.4, -0.2) is 44.9 Å². The molecule has 124 valence electrons. The summed E-state index contributed by atoms with van der Waals surface area (Å²) < 4.78 is 32.1. The van der Waals surface area contributed by atoms with Crippen molar-refractivity contribution in [2.45, 2.75) is 25.2 Å². The third-order valence-corrected chi connectivity index (χ3v) is 4.80. The van der Waals surface area contributed by atoms with E-state index in [1.807, 2.05) is 6.92 Å². The summed E-state index contributed by atoms with van der Waals surface area (Å²) in [5.41, 5.74) is 1.69. The highest BCUT2D eigenvalue weighted by atomic mass is 32.2. The Balaban J connectivity index is 3.00. The summed E-state index contributed by atoms with van der Waals surface area (Å²) in [5.74, 6) is -1.57. The van der Waals surface area contributed by atoms with Crippen LogP contribution in [0.25, 0.3) is 0 Å². The molecule has 8 heteroatoms. The summed E-state index contributed by atoms with van der Waals surface area (Å²) in [7, 11) is -2.48. The van der Waals surface area contributed by atoms with Gasteiger partial charge in [-0.3, -0.25) is 4.79 Å². The zero-order valence-corrected chi connectivity index (χ0v) is 13.6. The zero-order chi connectivity index (χ0) is 16.9. The normalized spacial score (nSPS) is 12.9. The van der Waals surface area contributed by atoms with E-state index >= 15 is 0 Å². The van der Waals surface area contributed by atoms with Gasteiger partial charge < -0.3 is 14.9 Å². The van der Waals surface area contributed by atoms with Gasteiger partial charge in [-0.25, -0.2) is 13.1 Å². The van der Waals surface area contributed by atoms with Gasteiger partial charge in [0.25, 0.3) is 0 Å². The number of carboxylic acids is 1. The van der Waals surface area contributed by atoms with Gasteiger partial charge in [-0.05, 0) is 37.1 Å². The highest BCUT2D eigenvalue weighted by molar-refractivity contribution is 7.89. The van der Waals surface area contributed by atoms with E-state index in [-0.39, 0.29) is 23.6 Å². The summed E-state index contributed by atoms with van der Waals surface area (Å²) >= 11 is 0. The van der Waals surface area contributed by atoms with Crippen molar-refractivity contribution in [3.05, 3.63) is 23.3 Å². The van der Waals surface area contributed by atoms with E-state index in [2.05, 4.69) is 4.72 Å². The molecular weight excluding hydrogens is 310 g/mol. The van der Waals surface area contributed by atoms with Crippen LogP contribution in [0.15, 0.2) is 17.0 Å². The van der Waals surface area contributed by atoms with E-state index in [0.717, 1.165) is 11.1 Å². The molecule has 3 N–H and O–H groups in total. The second kappa shape index (κ2) is 7.57. The summed E-state index contributed by atoms with van der Waals surface area (Å²) in [5, 5.41) is 17.8. The molecule has 0 saturated heterocycles. The van der Waals surface area contributed by atoms with Crippen LogP contribution in [0.5, 0.6) is 5.75 Å². The van der Waals surface area contributed by atoms with E-state index in [0.29, 0.717) is 0 Å². The number of nitrogens with one attached hydrogen (secondary N) is 1. The molecule has 1 atom stereocenters. The van der Waals surface area contributed by atoms with Gasteiger partial charge in [0.15, 0.2) is 0 Å². The number of carboxylic acid groups (broad SMARTS) is 1. The molecule has 0 amide bonds. The number of methoxy groups -OCH3 is 1. The Kier molecular flexibility index (Phi) is 6.34. The Morgan fingerprint density at radius 3 is 2.41 bits per heavy atom. The third-order valence-electron chi connectivity index (χ3n) is 3.35. The number of aliphatic carboxylic acids is 1. The van der Waals surface area contributed by atoms with Crippen LogP contribution in [-0.2, 0) is 14.8 Å². The molecule has 0 heterocycles. The molecule has 0 spiro atoms. The number of aliphatic hydroxyl groups is 1. The molecule has 0 aliphatic carbocycles. The molecule has 1 aromatic carbocycles. The second-order valence-corrected chi connectivity index (χ2v) is 6.82. The lowest BCUT2D eigenvalue weighted by molar-refractivity contribution is -0.138. The molecule has 0 fully saturated rings. The largest absolute Gasteiger partial charge is 0.495 e. The van der Waals surface area contributed by atoms with Crippen LogP contribution >= 0.6 is 0 Å². The van der Waals surface area contributed by atoms with Gasteiger partial charge >= 0.3 is 5.97 Å². The fourth-order valence-electron chi connectivity index (χ4n) is 1.89. The van der Waals surface area contributed by atoms with Gasteiger partial charge in [0, 0.05) is 19.1 Å². The minimum atomic E-state index is -3.86. The Hall–Kier alpha value is -1.64. The predicted octanol–water partition coefficient (Wildman–Crippen LogP) is 0.674. The first-order valence-corrected chi connectivity index (χ1v) is 8.17. The molecule has 7 nitrogen and oxygen atoms in total. The van der Waals surface area contributed by atoms with Crippen molar-refractivity contribution in [3.8, 4) is 5.75 Å². The van der Waals surface area contributed by atoms with Crippen LogP contribution in [0.1, 0.15) is 17.5 Å². The first-order chi connectivity index (χ1) is 10.2. The highest BCUT2D eigenvalue weighted by Gasteiger charge is 2.22. The number of aliphatic hydroxyl groups excluding tert-OH is 1. The van der Waals surface area contributed by atoms with Crippen LogP contribution in [0.3, 0.4) is 0 Å². The number of benzene rings is 1. The molecule has 1 unspecified atom stereocenters. The number of sulfonamides is 1. The average Bonchev–Trinajstić information content (AvgIpc) is 2.45. The fourth-order valence-corrected chi connectivity index (χ4v) is 3.24. The maximum atomic E-state index is 12.4. The van der Waals surface area contributed by atoms with Crippen molar-refractivity contribution in [3.63, 3.8) is 0 Å². The van der Waals surface area contributed by atoms with Crippen molar-refractivity contribution in [2.75, 3.05) is 20.3 Å². The Labute approximate surface area is 130 Å². The molecule has 22 heavy (non-hydrogen) atoms. The topological polar surface area (TPSA) is 113 Å². The number of aryl methyl sites for hydroxylation is 2. The smallest absolute Gasteiger partial charge is 0.303 e. The molecular formula is C14H21NO6S. The third kappa shape index (κ3) is 4.69. The first-order valence-electron chi connectivity index (χ1n) is 6.68. The average molecular weight is 331 g/mol. The minimum absolute atomic E-state index is 0.00915. The van der Waals surface area contributed by atoms with Crippen LogP contribution in [0.2, 0.25) is 0 Å². The van der Waals surface area contributed by atoms with Crippen LogP contribution in [0, 0.1) is 19.8 Å². The summed E-state index contributed by atoms with van der Waals surface area (Å²) in [6.07, 6.45) is -0.316. The standard InChI is InChI=1S/C14H21NO6S/c1-9-4-12(21-3)13(5-10(9)2)22(19,20)15-7-11(8-16)6-14(17)18/h4-5,11,15-16H,6-8H2,1-3H3,(H,17,18). The summed E-state index contributed by atoms with van der Waals surface area (Å²) in [6, 6.07) is 3.13. The number of hydrogen-bond acceptors (Lipinski definition) is 5. The lowest BCUT2D eigenvalue weighted by atomic mass is 10.1. The predicted molar refractivity (Wildman–Crippen MR) is 80.5 cm³/mol. The van der Waals surface area contributed by atoms with E-state index in [4.69, 9.17) is 14.9 Å². The molecule has 1 aromatic rings. The van der Waals surface area contributed by atoms with Crippen molar-refractivity contribution < 1.29 is 28.2 Å². The maximum Gasteiger partial charge on any atom is 0.303 e. The maximum absolute atomic E-state index is 12.4. The van der Waals surface area contributed by atoms with Crippen LogP contribution < -0.4 is 9.46 Å².